The van der Waals surface area contributed by atoms with Gasteiger partial charge in [-0.2, -0.15) is 5.26 Å². The summed E-state index contributed by atoms with van der Waals surface area (Å²) in [5.74, 6) is 0.393. The van der Waals surface area contributed by atoms with Gasteiger partial charge in [-0.05, 0) is 115 Å². The number of carbonyl (C=O) groups excluding carboxylic acids is 2. The Morgan fingerprint density at radius 2 is 1.50 bits per heavy atom. The minimum Gasteiger partial charge on any atom is -0.457 e. The Hall–Kier alpha value is -3.85. The number of nitriles is 1. The normalized spacial score (nSPS) is 13.0. The second-order valence-electron chi connectivity index (χ2n) is 12.2. The summed E-state index contributed by atoms with van der Waals surface area (Å²) in [6, 6.07) is 22.1. The lowest BCUT2D eigenvalue weighted by molar-refractivity contribution is -0.127. The zero-order valence-corrected chi connectivity index (χ0v) is 29.0. The minimum absolute atomic E-state index is 0.0232. The van der Waals surface area contributed by atoms with Crippen LogP contribution in [0.5, 0.6) is 11.5 Å². The molecule has 0 saturated heterocycles. The zero-order valence-electron chi connectivity index (χ0n) is 27.4. The van der Waals surface area contributed by atoms with Gasteiger partial charge in [0.1, 0.15) is 11.5 Å². The number of nitrogens with one attached hydrogen (secondary N) is 2. The third-order valence-corrected chi connectivity index (χ3v) is 10.4. The molecule has 2 N–H and O–H groups in total. The van der Waals surface area contributed by atoms with Crippen LogP contribution in [0.25, 0.3) is 0 Å². The predicted molar refractivity (Wildman–Crippen MR) is 184 cm³/mol. The van der Waals surface area contributed by atoms with Crippen LogP contribution in [0.1, 0.15) is 39.2 Å². The smallest absolute Gasteiger partial charge is 0.234 e. The second-order valence-corrected chi connectivity index (χ2v) is 15.5. The van der Waals surface area contributed by atoms with E-state index >= 15 is 0 Å². The molecule has 0 radical (unpaired) electrons. The molecule has 3 aromatic rings. The van der Waals surface area contributed by atoms with Gasteiger partial charge in [-0.25, -0.2) is 8.42 Å². The van der Waals surface area contributed by atoms with Gasteiger partial charge in [0.25, 0.3) is 0 Å². The topological polar surface area (TPSA) is 129 Å². The van der Waals surface area contributed by atoms with Gasteiger partial charge >= 0.3 is 0 Å². The van der Waals surface area contributed by atoms with E-state index in [1.807, 2.05) is 27.9 Å². The highest BCUT2D eigenvalue weighted by atomic mass is 32.2. The van der Waals surface area contributed by atoms with Crippen LogP contribution in [0, 0.1) is 29.6 Å². The number of ether oxygens (including phenoxy) is 1. The lowest BCUT2D eigenvalue weighted by Crippen LogP contribution is -2.40. The monoisotopic (exact) mass is 664 g/mol. The predicted octanol–water partition coefficient (Wildman–Crippen LogP) is 6.30. The van der Waals surface area contributed by atoms with E-state index in [1.165, 1.54) is 23.9 Å². The molecule has 0 saturated carbocycles. The lowest BCUT2D eigenvalue weighted by Gasteiger charge is -2.29. The Kier molecular flexibility index (Phi) is 13.2. The molecule has 2 atom stereocenters. The molecule has 2 unspecified atom stereocenters. The van der Waals surface area contributed by atoms with E-state index in [2.05, 4.69) is 21.6 Å². The SMILES string of the molecule is Cc1ccc(S(=O)(=O)c2ccc(Oc3ccc(NC(=O)CSC(C)CC(C(=O)NCCCN(C)C)C(C)(C)C#N)cc3)cc2)cc1. The Bertz CT molecular complexity index is 1600. The van der Waals surface area contributed by atoms with Gasteiger partial charge in [-0.15, -0.1) is 11.8 Å². The van der Waals surface area contributed by atoms with Gasteiger partial charge in [0.15, 0.2) is 0 Å². The molecule has 2 amide bonds. The Labute approximate surface area is 277 Å². The lowest BCUT2D eigenvalue weighted by atomic mass is 9.77. The van der Waals surface area contributed by atoms with Crippen LogP contribution in [0.15, 0.2) is 82.6 Å². The fraction of sp³-hybridized carbons (Fsp3) is 0.400. The van der Waals surface area contributed by atoms with Crippen molar-refractivity contribution in [3.63, 3.8) is 0 Å². The molecule has 0 aliphatic rings. The summed E-state index contributed by atoms with van der Waals surface area (Å²) >= 11 is 1.44. The van der Waals surface area contributed by atoms with E-state index in [0.717, 1.165) is 18.5 Å². The van der Waals surface area contributed by atoms with Crippen molar-refractivity contribution in [2.45, 2.75) is 55.6 Å². The number of carbonyl (C=O) groups is 2. The number of nitrogens with zero attached hydrogens (tertiary/aromatic N) is 2. The van der Waals surface area contributed by atoms with Crippen LogP contribution in [-0.4, -0.2) is 63.3 Å². The quantitative estimate of drug-likeness (QED) is 0.171. The first-order valence-corrected chi connectivity index (χ1v) is 17.7. The third-order valence-electron chi connectivity index (χ3n) is 7.46. The summed E-state index contributed by atoms with van der Waals surface area (Å²) < 4.78 is 31.7. The maximum atomic E-state index is 13.0. The fourth-order valence-corrected chi connectivity index (χ4v) is 6.73. The van der Waals surface area contributed by atoms with Crippen molar-refractivity contribution in [3.8, 4) is 17.6 Å². The third kappa shape index (κ3) is 10.9. The van der Waals surface area contributed by atoms with Crippen LogP contribution in [0.2, 0.25) is 0 Å². The molecule has 0 aliphatic heterocycles. The molecule has 0 aliphatic carbocycles. The first-order chi connectivity index (χ1) is 21.7. The van der Waals surface area contributed by atoms with Crippen molar-refractivity contribution in [1.82, 2.24) is 10.2 Å². The highest BCUT2D eigenvalue weighted by Crippen LogP contribution is 2.33. The molecule has 0 fully saturated rings. The first-order valence-electron chi connectivity index (χ1n) is 15.2. The van der Waals surface area contributed by atoms with Crippen LogP contribution >= 0.6 is 11.8 Å². The molecule has 0 aromatic heterocycles. The van der Waals surface area contributed by atoms with E-state index in [1.54, 1.807) is 74.5 Å². The number of thioether (sulfide) groups is 1. The molecular formula is C35H44N4O5S2. The molecule has 46 heavy (non-hydrogen) atoms. The van der Waals surface area contributed by atoms with Crippen molar-refractivity contribution in [2.75, 3.05) is 38.3 Å². The van der Waals surface area contributed by atoms with Crippen molar-refractivity contribution in [2.24, 2.45) is 11.3 Å². The van der Waals surface area contributed by atoms with Gasteiger partial charge in [-0.3, -0.25) is 9.59 Å². The van der Waals surface area contributed by atoms with Crippen molar-refractivity contribution >= 4 is 39.1 Å². The molecule has 3 aromatic carbocycles. The second kappa shape index (κ2) is 16.6. The number of rotatable bonds is 16. The van der Waals surface area contributed by atoms with Gasteiger partial charge in [0.2, 0.25) is 21.7 Å². The molecule has 246 valence electrons. The number of hydrogen-bond donors (Lipinski definition) is 2. The molecular weight excluding hydrogens is 621 g/mol. The molecule has 9 nitrogen and oxygen atoms in total. The number of benzene rings is 3. The van der Waals surface area contributed by atoms with E-state index in [4.69, 9.17) is 4.74 Å². The summed E-state index contributed by atoms with van der Waals surface area (Å²) in [5.41, 5.74) is 0.746. The molecule has 11 heteroatoms. The van der Waals surface area contributed by atoms with E-state index < -0.39 is 21.2 Å². The number of aryl methyl sites for hydroxylation is 1. The van der Waals surface area contributed by atoms with Gasteiger partial charge < -0.3 is 20.3 Å². The zero-order chi connectivity index (χ0) is 33.9. The number of sulfone groups is 1. The van der Waals surface area contributed by atoms with E-state index in [0.29, 0.717) is 30.2 Å². The highest BCUT2D eigenvalue weighted by Gasteiger charge is 2.36. The van der Waals surface area contributed by atoms with Crippen LogP contribution in [0.3, 0.4) is 0 Å². The van der Waals surface area contributed by atoms with E-state index in [9.17, 15) is 23.3 Å². The molecule has 3 rings (SSSR count). The summed E-state index contributed by atoms with van der Waals surface area (Å²) in [5, 5.41) is 15.5. The standard InChI is InChI=1S/C35H44N4O5S2/c1-25-8-16-30(17-9-25)46(42,43)31-18-14-29(15-19-31)44-28-12-10-27(11-13-28)38-33(40)23-45-26(2)22-32(35(3,4)24-36)34(41)37-20-7-21-39(5)6/h8-19,26,32H,7,20-23H2,1-6H3,(H,37,41)(H,38,40). The Balaban J connectivity index is 1.49. The maximum Gasteiger partial charge on any atom is 0.234 e. The van der Waals surface area contributed by atoms with Crippen molar-refractivity contribution in [3.05, 3.63) is 78.4 Å². The van der Waals surface area contributed by atoms with Crippen LogP contribution in [0.4, 0.5) is 5.69 Å². The summed E-state index contributed by atoms with van der Waals surface area (Å²) in [4.78, 5) is 28.1. The summed E-state index contributed by atoms with van der Waals surface area (Å²) in [6.45, 7) is 8.84. The average Bonchev–Trinajstić information content (AvgIpc) is 3.02. The Morgan fingerprint density at radius 3 is 2.04 bits per heavy atom. The number of amides is 2. The van der Waals surface area contributed by atoms with E-state index in [-0.39, 0.29) is 32.6 Å². The fourth-order valence-electron chi connectivity index (χ4n) is 4.64. The van der Waals surface area contributed by atoms with Crippen molar-refractivity contribution in [1.29, 1.82) is 5.26 Å². The van der Waals surface area contributed by atoms with Gasteiger partial charge in [0.05, 0.1) is 32.9 Å². The molecule has 0 heterocycles. The number of anilines is 1. The maximum absolute atomic E-state index is 13.0. The van der Waals surface area contributed by atoms with Gasteiger partial charge in [-0.1, -0.05) is 24.6 Å². The highest BCUT2D eigenvalue weighted by molar-refractivity contribution is 8.00. The largest absolute Gasteiger partial charge is 0.457 e. The van der Waals surface area contributed by atoms with Crippen LogP contribution < -0.4 is 15.4 Å². The van der Waals surface area contributed by atoms with Crippen LogP contribution in [-0.2, 0) is 19.4 Å². The minimum atomic E-state index is -3.63. The number of hydrogen-bond acceptors (Lipinski definition) is 8. The molecule has 0 spiro atoms. The summed E-state index contributed by atoms with van der Waals surface area (Å²) in [7, 11) is 0.336. The summed E-state index contributed by atoms with van der Waals surface area (Å²) in [6.07, 6.45) is 1.30. The first kappa shape index (κ1) is 36.6. The average molecular weight is 665 g/mol. The Morgan fingerprint density at radius 1 is 0.957 bits per heavy atom. The van der Waals surface area contributed by atoms with Crippen molar-refractivity contribution < 1.29 is 22.7 Å². The molecule has 0 bridgehead atoms. The van der Waals surface area contributed by atoms with Gasteiger partial charge in [0, 0.05) is 17.5 Å².